The largest absolute Gasteiger partial charge is 0.464 e. The number of nitrogens with one attached hydrogen (secondary N) is 1. The minimum atomic E-state index is 0.200. The summed E-state index contributed by atoms with van der Waals surface area (Å²) in [6, 6.07) is 8.34. The van der Waals surface area contributed by atoms with Crippen molar-refractivity contribution in [2.24, 2.45) is 0 Å². The van der Waals surface area contributed by atoms with Crippen LogP contribution in [0.1, 0.15) is 24.4 Å². The van der Waals surface area contributed by atoms with Gasteiger partial charge in [0.15, 0.2) is 0 Å². The summed E-state index contributed by atoms with van der Waals surface area (Å²) in [5.41, 5.74) is 2.12. The van der Waals surface area contributed by atoms with E-state index in [9.17, 15) is 0 Å². The average molecular weight is 269 g/mol. The molecular formula is C16H19N3O. The van der Waals surface area contributed by atoms with Crippen molar-refractivity contribution in [2.45, 2.75) is 25.9 Å². The van der Waals surface area contributed by atoms with Crippen LogP contribution in [0.25, 0.3) is 11.0 Å². The first-order valence-corrected chi connectivity index (χ1v) is 6.97. The topological polar surface area (TPSA) is 43.0 Å². The molecule has 0 aliphatic heterocycles. The molecule has 20 heavy (non-hydrogen) atoms. The van der Waals surface area contributed by atoms with Gasteiger partial charge >= 0.3 is 0 Å². The molecule has 104 valence electrons. The summed E-state index contributed by atoms with van der Waals surface area (Å²) >= 11 is 0. The van der Waals surface area contributed by atoms with Crippen molar-refractivity contribution in [1.82, 2.24) is 14.9 Å². The first-order chi connectivity index (χ1) is 9.83. The second-order valence-corrected chi connectivity index (χ2v) is 4.86. The Morgan fingerprint density at radius 2 is 2.20 bits per heavy atom. The van der Waals surface area contributed by atoms with Crippen LogP contribution in [-0.2, 0) is 13.0 Å². The summed E-state index contributed by atoms with van der Waals surface area (Å²) < 4.78 is 7.81. The number of hydrogen-bond donors (Lipinski definition) is 1. The molecule has 2 heterocycles. The smallest absolute Gasteiger partial charge is 0.134 e. The highest BCUT2D eigenvalue weighted by molar-refractivity contribution is 5.81. The SMILES string of the molecule is CCn1ccnc1CC(NC)c1coc2ccccc12. The summed E-state index contributed by atoms with van der Waals surface area (Å²) in [6.45, 7) is 3.07. The van der Waals surface area contributed by atoms with E-state index in [1.165, 1.54) is 10.9 Å². The predicted octanol–water partition coefficient (Wildman–Crippen LogP) is 3.15. The third-order valence-electron chi connectivity index (χ3n) is 3.76. The molecule has 0 fully saturated rings. The Labute approximate surface area is 118 Å². The van der Waals surface area contributed by atoms with Crippen LogP contribution in [0.3, 0.4) is 0 Å². The van der Waals surface area contributed by atoms with Crippen molar-refractivity contribution < 1.29 is 4.42 Å². The lowest BCUT2D eigenvalue weighted by molar-refractivity contribution is 0.539. The molecule has 2 aromatic heterocycles. The number of furan rings is 1. The first kappa shape index (κ1) is 12.9. The molecule has 0 amide bonds. The average Bonchev–Trinajstić information content (AvgIpc) is 3.11. The van der Waals surface area contributed by atoms with Crippen LogP contribution in [0, 0.1) is 0 Å². The second-order valence-electron chi connectivity index (χ2n) is 4.86. The molecule has 0 saturated heterocycles. The van der Waals surface area contributed by atoms with Crippen LogP contribution in [0.2, 0.25) is 0 Å². The minimum Gasteiger partial charge on any atom is -0.464 e. The molecule has 3 rings (SSSR count). The fourth-order valence-electron chi connectivity index (χ4n) is 2.64. The zero-order valence-corrected chi connectivity index (χ0v) is 11.8. The van der Waals surface area contributed by atoms with E-state index < -0.39 is 0 Å². The molecule has 1 unspecified atom stereocenters. The Morgan fingerprint density at radius 3 is 3.00 bits per heavy atom. The van der Waals surface area contributed by atoms with Gasteiger partial charge in [-0.3, -0.25) is 0 Å². The van der Waals surface area contributed by atoms with Gasteiger partial charge in [0.2, 0.25) is 0 Å². The summed E-state index contributed by atoms with van der Waals surface area (Å²) in [5.74, 6) is 1.09. The molecule has 4 nitrogen and oxygen atoms in total. The Kier molecular flexibility index (Phi) is 3.56. The predicted molar refractivity (Wildman–Crippen MR) is 79.6 cm³/mol. The van der Waals surface area contributed by atoms with E-state index in [0.717, 1.165) is 24.4 Å². The summed E-state index contributed by atoms with van der Waals surface area (Å²) in [6.07, 6.45) is 6.58. The van der Waals surface area contributed by atoms with Gasteiger partial charge in [0, 0.05) is 42.4 Å². The normalized spacial score (nSPS) is 12.9. The Balaban J connectivity index is 1.94. The number of imidazole rings is 1. The number of nitrogens with zero attached hydrogens (tertiary/aromatic N) is 2. The molecule has 1 atom stereocenters. The number of aromatic nitrogens is 2. The van der Waals surface area contributed by atoms with E-state index in [1.54, 1.807) is 0 Å². The van der Waals surface area contributed by atoms with E-state index in [1.807, 2.05) is 43.9 Å². The highest BCUT2D eigenvalue weighted by atomic mass is 16.3. The van der Waals surface area contributed by atoms with Gasteiger partial charge < -0.3 is 14.3 Å². The summed E-state index contributed by atoms with van der Waals surface area (Å²) in [4.78, 5) is 4.46. The lowest BCUT2D eigenvalue weighted by Gasteiger charge is -2.15. The Bertz CT molecular complexity index is 698. The maximum Gasteiger partial charge on any atom is 0.134 e. The molecule has 0 bridgehead atoms. The van der Waals surface area contributed by atoms with Gasteiger partial charge in [0.05, 0.1) is 6.26 Å². The Morgan fingerprint density at radius 1 is 1.35 bits per heavy atom. The lowest BCUT2D eigenvalue weighted by Crippen LogP contribution is -2.20. The molecule has 3 aromatic rings. The van der Waals surface area contributed by atoms with Gasteiger partial charge in [-0.25, -0.2) is 4.98 Å². The van der Waals surface area contributed by atoms with Gasteiger partial charge in [0.1, 0.15) is 11.4 Å². The highest BCUT2D eigenvalue weighted by Crippen LogP contribution is 2.28. The minimum absolute atomic E-state index is 0.200. The zero-order valence-electron chi connectivity index (χ0n) is 11.8. The van der Waals surface area contributed by atoms with Crippen molar-refractivity contribution in [3.05, 3.63) is 54.3 Å². The molecule has 0 aliphatic carbocycles. The monoisotopic (exact) mass is 269 g/mol. The fourth-order valence-corrected chi connectivity index (χ4v) is 2.64. The molecule has 0 spiro atoms. The van der Waals surface area contributed by atoms with E-state index in [4.69, 9.17) is 4.42 Å². The maximum absolute atomic E-state index is 5.64. The van der Waals surface area contributed by atoms with Crippen molar-refractivity contribution in [3.63, 3.8) is 0 Å². The third-order valence-corrected chi connectivity index (χ3v) is 3.76. The molecule has 4 heteroatoms. The summed E-state index contributed by atoms with van der Waals surface area (Å²) in [5, 5.41) is 4.54. The number of aryl methyl sites for hydroxylation is 1. The van der Waals surface area contributed by atoms with Gasteiger partial charge in [-0.15, -0.1) is 0 Å². The van der Waals surface area contributed by atoms with Crippen LogP contribution < -0.4 is 5.32 Å². The Hall–Kier alpha value is -2.07. The lowest BCUT2D eigenvalue weighted by atomic mass is 10.0. The molecule has 0 aliphatic rings. The molecular weight excluding hydrogens is 250 g/mol. The number of benzene rings is 1. The van der Waals surface area contributed by atoms with Crippen LogP contribution in [0.5, 0.6) is 0 Å². The van der Waals surface area contributed by atoms with Crippen molar-refractivity contribution in [3.8, 4) is 0 Å². The molecule has 1 aromatic carbocycles. The maximum atomic E-state index is 5.64. The molecule has 0 saturated carbocycles. The molecule has 0 radical (unpaired) electrons. The van der Waals surface area contributed by atoms with E-state index in [0.29, 0.717) is 0 Å². The molecule has 1 N–H and O–H groups in total. The second kappa shape index (κ2) is 5.51. The first-order valence-electron chi connectivity index (χ1n) is 6.97. The number of likely N-dealkylation sites (N-methyl/N-ethyl adjacent to an activating group) is 1. The zero-order chi connectivity index (χ0) is 13.9. The number of para-hydroxylation sites is 1. The van der Waals surface area contributed by atoms with Crippen molar-refractivity contribution in [1.29, 1.82) is 0 Å². The van der Waals surface area contributed by atoms with Crippen LogP contribution >= 0.6 is 0 Å². The number of hydrogen-bond acceptors (Lipinski definition) is 3. The van der Waals surface area contributed by atoms with Gasteiger partial charge in [0.25, 0.3) is 0 Å². The number of fused-ring (bicyclic) bond motifs is 1. The van der Waals surface area contributed by atoms with E-state index in [2.05, 4.69) is 27.9 Å². The van der Waals surface area contributed by atoms with Crippen molar-refractivity contribution in [2.75, 3.05) is 7.05 Å². The third kappa shape index (κ3) is 2.23. The number of rotatable bonds is 5. The fraction of sp³-hybridized carbons (Fsp3) is 0.312. The van der Waals surface area contributed by atoms with Gasteiger partial charge in [-0.2, -0.15) is 0 Å². The van der Waals surface area contributed by atoms with E-state index in [-0.39, 0.29) is 6.04 Å². The van der Waals surface area contributed by atoms with Crippen molar-refractivity contribution >= 4 is 11.0 Å². The van der Waals surface area contributed by atoms with E-state index >= 15 is 0 Å². The quantitative estimate of drug-likeness (QED) is 0.773. The highest BCUT2D eigenvalue weighted by Gasteiger charge is 2.17. The summed E-state index contributed by atoms with van der Waals surface area (Å²) in [7, 11) is 1.98. The van der Waals surface area contributed by atoms with Crippen LogP contribution in [0.15, 0.2) is 47.3 Å². The van der Waals surface area contributed by atoms with Gasteiger partial charge in [-0.1, -0.05) is 18.2 Å². The standard InChI is InChI=1S/C16H19N3O/c1-3-19-9-8-18-16(19)10-14(17-2)13-11-20-15-7-5-4-6-12(13)15/h4-9,11,14,17H,3,10H2,1-2H3. The van der Waals surface area contributed by atoms with Gasteiger partial charge in [-0.05, 0) is 20.0 Å². The van der Waals surface area contributed by atoms with Crippen LogP contribution in [-0.4, -0.2) is 16.6 Å². The van der Waals surface area contributed by atoms with Crippen LogP contribution in [0.4, 0.5) is 0 Å².